The van der Waals surface area contributed by atoms with Gasteiger partial charge in [0, 0.05) is 44.5 Å². The van der Waals surface area contributed by atoms with Crippen LogP contribution in [0.25, 0.3) is 0 Å². The van der Waals surface area contributed by atoms with E-state index in [4.69, 9.17) is 4.74 Å². The van der Waals surface area contributed by atoms with Gasteiger partial charge in [-0.25, -0.2) is 4.98 Å². The molecule has 0 aromatic carbocycles. The highest BCUT2D eigenvalue weighted by Gasteiger charge is 2.24. The van der Waals surface area contributed by atoms with Gasteiger partial charge in [-0.05, 0) is 24.8 Å². The lowest BCUT2D eigenvalue weighted by Crippen LogP contribution is -2.37. The molecule has 0 bridgehead atoms. The van der Waals surface area contributed by atoms with Gasteiger partial charge in [0.05, 0.1) is 7.11 Å². The van der Waals surface area contributed by atoms with Gasteiger partial charge in [-0.2, -0.15) is 11.8 Å². The van der Waals surface area contributed by atoms with E-state index in [1.807, 2.05) is 11.2 Å². The lowest BCUT2D eigenvalue weighted by Gasteiger charge is -2.22. The Morgan fingerprint density at radius 3 is 2.74 bits per heavy atom. The van der Waals surface area contributed by atoms with E-state index in [1.54, 1.807) is 35.0 Å². The van der Waals surface area contributed by atoms with Crippen molar-refractivity contribution in [2.24, 2.45) is 0 Å². The summed E-state index contributed by atoms with van der Waals surface area (Å²) in [7, 11) is 1.51. The summed E-state index contributed by atoms with van der Waals surface area (Å²) in [5.41, 5.74) is 0.470. The first-order chi connectivity index (χ1) is 11.2. The Labute approximate surface area is 141 Å². The zero-order valence-electron chi connectivity index (χ0n) is 13.7. The molecule has 1 aromatic rings. The maximum atomic E-state index is 12.7. The standard InChI is InChI=1S/C16H23N3O3S/c1-22-15-13(5-3-7-17-15)16(21)19-9-4-8-18(10-11-19)14(20)6-12-23-2/h3,5,7H,4,6,8-12H2,1-2H3. The second-order valence-corrected chi connectivity index (χ2v) is 6.32. The van der Waals surface area contributed by atoms with Crippen LogP contribution in [0.2, 0.25) is 0 Å². The van der Waals surface area contributed by atoms with Crippen LogP contribution in [0.15, 0.2) is 18.3 Å². The van der Waals surface area contributed by atoms with E-state index < -0.39 is 0 Å². The molecule has 126 valence electrons. The van der Waals surface area contributed by atoms with Gasteiger partial charge < -0.3 is 14.5 Å². The first kappa shape index (κ1) is 17.6. The average molecular weight is 337 g/mol. The van der Waals surface area contributed by atoms with Crippen LogP contribution >= 0.6 is 11.8 Å². The third-order valence-electron chi connectivity index (χ3n) is 3.85. The lowest BCUT2D eigenvalue weighted by atomic mass is 10.2. The Balaban J connectivity index is 2.00. The fourth-order valence-corrected chi connectivity index (χ4v) is 2.98. The summed E-state index contributed by atoms with van der Waals surface area (Å²) in [5.74, 6) is 1.26. The quantitative estimate of drug-likeness (QED) is 0.815. The number of nitrogens with zero attached hydrogens (tertiary/aromatic N) is 3. The maximum Gasteiger partial charge on any atom is 0.259 e. The van der Waals surface area contributed by atoms with E-state index in [1.165, 1.54) is 7.11 Å². The Kier molecular flexibility index (Phi) is 6.70. The number of hydrogen-bond donors (Lipinski definition) is 0. The number of thioether (sulfide) groups is 1. The SMILES string of the molecule is COc1ncccc1C(=O)N1CCCN(C(=O)CCSC)CC1. The topological polar surface area (TPSA) is 62.7 Å². The van der Waals surface area contributed by atoms with Gasteiger partial charge in [0.25, 0.3) is 5.91 Å². The Bertz CT molecular complexity index is 553. The summed E-state index contributed by atoms with van der Waals surface area (Å²) in [6.45, 7) is 2.48. The molecule has 0 radical (unpaired) electrons. The number of hydrogen-bond acceptors (Lipinski definition) is 5. The largest absolute Gasteiger partial charge is 0.480 e. The van der Waals surface area contributed by atoms with Crippen LogP contribution in [-0.4, -0.2) is 71.9 Å². The second-order valence-electron chi connectivity index (χ2n) is 5.33. The maximum absolute atomic E-state index is 12.7. The molecule has 6 nitrogen and oxygen atoms in total. The number of amides is 2. The van der Waals surface area contributed by atoms with Crippen molar-refractivity contribution in [2.45, 2.75) is 12.8 Å². The van der Waals surface area contributed by atoms with E-state index in [2.05, 4.69) is 4.98 Å². The minimum Gasteiger partial charge on any atom is -0.480 e. The molecule has 0 saturated carbocycles. The monoisotopic (exact) mass is 337 g/mol. The van der Waals surface area contributed by atoms with Gasteiger partial charge >= 0.3 is 0 Å². The molecule has 1 fully saturated rings. The summed E-state index contributed by atoms with van der Waals surface area (Å²) in [6.07, 6.45) is 4.95. The summed E-state index contributed by atoms with van der Waals surface area (Å²) in [4.78, 5) is 32.5. The highest BCUT2D eigenvalue weighted by atomic mass is 32.2. The molecule has 0 unspecified atom stereocenters. The summed E-state index contributed by atoms with van der Waals surface area (Å²) >= 11 is 1.67. The molecule has 0 N–H and O–H groups in total. The van der Waals surface area contributed by atoms with Gasteiger partial charge in [-0.15, -0.1) is 0 Å². The molecule has 0 spiro atoms. The van der Waals surface area contributed by atoms with Crippen LogP contribution in [0.3, 0.4) is 0 Å². The van der Waals surface area contributed by atoms with Gasteiger partial charge in [-0.3, -0.25) is 9.59 Å². The van der Waals surface area contributed by atoms with Crippen molar-refractivity contribution in [1.29, 1.82) is 0 Å². The molecule has 7 heteroatoms. The van der Waals surface area contributed by atoms with Crippen LogP contribution in [-0.2, 0) is 4.79 Å². The highest BCUT2D eigenvalue weighted by molar-refractivity contribution is 7.98. The van der Waals surface area contributed by atoms with E-state index in [9.17, 15) is 9.59 Å². The van der Waals surface area contributed by atoms with Crippen LogP contribution in [0.5, 0.6) is 5.88 Å². The van der Waals surface area contributed by atoms with Crippen molar-refractivity contribution in [3.05, 3.63) is 23.9 Å². The predicted octanol–water partition coefficient (Wildman–Crippen LogP) is 1.52. The molecule has 1 saturated heterocycles. The normalized spacial score (nSPS) is 15.2. The molecule has 2 amide bonds. The zero-order valence-corrected chi connectivity index (χ0v) is 14.5. The van der Waals surface area contributed by atoms with Crippen molar-refractivity contribution in [2.75, 3.05) is 45.3 Å². The molecule has 1 aliphatic rings. The number of rotatable bonds is 5. The number of aromatic nitrogens is 1. The van der Waals surface area contributed by atoms with Gasteiger partial charge in [0.1, 0.15) is 5.56 Å². The number of methoxy groups -OCH3 is 1. The van der Waals surface area contributed by atoms with Crippen LogP contribution in [0, 0.1) is 0 Å². The molecule has 2 rings (SSSR count). The minimum atomic E-state index is -0.0895. The van der Waals surface area contributed by atoms with E-state index in [0.29, 0.717) is 44.0 Å². The van der Waals surface area contributed by atoms with Crippen LogP contribution in [0.1, 0.15) is 23.2 Å². The van der Waals surface area contributed by atoms with Gasteiger partial charge in [0.2, 0.25) is 11.8 Å². The fraction of sp³-hybridized carbons (Fsp3) is 0.562. The van der Waals surface area contributed by atoms with Crippen molar-refractivity contribution in [3.63, 3.8) is 0 Å². The molecule has 0 atom stereocenters. The highest BCUT2D eigenvalue weighted by Crippen LogP contribution is 2.17. The molecule has 1 aliphatic heterocycles. The van der Waals surface area contributed by atoms with E-state index in [-0.39, 0.29) is 11.8 Å². The molecule has 2 heterocycles. The third-order valence-corrected chi connectivity index (χ3v) is 4.46. The molecule has 1 aromatic heterocycles. The van der Waals surface area contributed by atoms with Crippen LogP contribution in [0.4, 0.5) is 0 Å². The summed E-state index contributed by atoms with van der Waals surface area (Å²) in [5, 5.41) is 0. The fourth-order valence-electron chi connectivity index (χ4n) is 2.60. The minimum absolute atomic E-state index is 0.0895. The summed E-state index contributed by atoms with van der Waals surface area (Å²) < 4.78 is 5.17. The third kappa shape index (κ3) is 4.60. The predicted molar refractivity (Wildman–Crippen MR) is 90.9 cm³/mol. The van der Waals surface area contributed by atoms with Crippen LogP contribution < -0.4 is 4.74 Å². The van der Waals surface area contributed by atoms with Gasteiger partial charge in [0.15, 0.2) is 0 Å². The average Bonchev–Trinajstić information content (AvgIpc) is 2.85. The molecule has 23 heavy (non-hydrogen) atoms. The first-order valence-electron chi connectivity index (χ1n) is 7.72. The first-order valence-corrected chi connectivity index (χ1v) is 9.11. The number of carbonyl (C=O) groups is 2. The number of pyridine rings is 1. The van der Waals surface area contributed by atoms with Crippen molar-refractivity contribution in [3.8, 4) is 5.88 Å². The zero-order chi connectivity index (χ0) is 16.7. The summed E-state index contributed by atoms with van der Waals surface area (Å²) in [6, 6.07) is 3.45. The Morgan fingerprint density at radius 1 is 1.26 bits per heavy atom. The lowest BCUT2D eigenvalue weighted by molar-refractivity contribution is -0.130. The molecular weight excluding hydrogens is 314 g/mol. The Morgan fingerprint density at radius 2 is 2.00 bits per heavy atom. The van der Waals surface area contributed by atoms with Crippen molar-refractivity contribution >= 4 is 23.6 Å². The second kappa shape index (κ2) is 8.76. The van der Waals surface area contributed by atoms with E-state index in [0.717, 1.165) is 12.2 Å². The van der Waals surface area contributed by atoms with Gasteiger partial charge in [-0.1, -0.05) is 0 Å². The number of carbonyl (C=O) groups excluding carboxylic acids is 2. The number of ether oxygens (including phenoxy) is 1. The molecular formula is C16H23N3O3S. The smallest absolute Gasteiger partial charge is 0.259 e. The molecule has 0 aliphatic carbocycles. The Hall–Kier alpha value is -1.76. The van der Waals surface area contributed by atoms with Crippen molar-refractivity contribution in [1.82, 2.24) is 14.8 Å². The van der Waals surface area contributed by atoms with E-state index >= 15 is 0 Å². The van der Waals surface area contributed by atoms with Crippen molar-refractivity contribution < 1.29 is 14.3 Å².